The van der Waals surface area contributed by atoms with Crippen LogP contribution in [0.4, 0.5) is 0 Å². The normalized spacial score (nSPS) is 13.2. The molecular formula is C15H23NO3S. The summed E-state index contributed by atoms with van der Waals surface area (Å²) in [6, 6.07) is 7.10. The molecule has 4 nitrogen and oxygen atoms in total. The number of nitrogens with one attached hydrogen (secondary N) is 1. The fraction of sp³-hybridized carbons (Fsp3) is 0.467. The van der Waals surface area contributed by atoms with Crippen LogP contribution < -0.4 is 5.32 Å². The van der Waals surface area contributed by atoms with Crippen LogP contribution in [0.25, 0.3) is 0 Å². The molecule has 0 aliphatic heterocycles. The summed E-state index contributed by atoms with van der Waals surface area (Å²) >= 11 is 0. The largest absolute Gasteiger partial charge is 0.376 e. The predicted molar refractivity (Wildman–Crippen MR) is 81.6 cm³/mol. The van der Waals surface area contributed by atoms with Gasteiger partial charge in [-0.1, -0.05) is 24.3 Å². The van der Waals surface area contributed by atoms with E-state index < -0.39 is 9.84 Å². The molecule has 1 aromatic rings. The summed E-state index contributed by atoms with van der Waals surface area (Å²) in [6.45, 7) is 9.68. The average molecular weight is 297 g/mol. The third-order valence-electron chi connectivity index (χ3n) is 2.85. The van der Waals surface area contributed by atoms with Gasteiger partial charge < -0.3 is 10.1 Å². The van der Waals surface area contributed by atoms with Gasteiger partial charge in [-0.15, -0.1) is 0 Å². The van der Waals surface area contributed by atoms with Crippen molar-refractivity contribution >= 4 is 9.84 Å². The molecule has 0 amide bonds. The summed E-state index contributed by atoms with van der Waals surface area (Å²) in [6.07, 6.45) is 1.21. The molecule has 0 spiro atoms. The highest BCUT2D eigenvalue weighted by atomic mass is 32.2. The minimum absolute atomic E-state index is 0.150. The van der Waals surface area contributed by atoms with Crippen LogP contribution in [-0.4, -0.2) is 34.4 Å². The summed E-state index contributed by atoms with van der Waals surface area (Å²) in [4.78, 5) is 0.346. The molecule has 0 saturated carbocycles. The number of sulfone groups is 1. The number of benzene rings is 1. The lowest BCUT2D eigenvalue weighted by molar-refractivity contribution is 0.156. The van der Waals surface area contributed by atoms with Crippen molar-refractivity contribution in [3.8, 4) is 0 Å². The first-order chi connectivity index (χ1) is 9.30. The van der Waals surface area contributed by atoms with E-state index in [0.717, 1.165) is 17.7 Å². The van der Waals surface area contributed by atoms with Crippen molar-refractivity contribution in [1.29, 1.82) is 0 Å². The van der Waals surface area contributed by atoms with Crippen molar-refractivity contribution < 1.29 is 13.2 Å². The fourth-order valence-corrected chi connectivity index (χ4v) is 2.35. The van der Waals surface area contributed by atoms with E-state index in [4.69, 9.17) is 4.74 Å². The second-order valence-corrected chi connectivity index (χ2v) is 7.04. The lowest BCUT2D eigenvalue weighted by Crippen LogP contribution is -2.23. The molecule has 0 saturated heterocycles. The third-order valence-corrected chi connectivity index (χ3v) is 3.98. The molecule has 0 aliphatic rings. The maximum atomic E-state index is 11.4. The van der Waals surface area contributed by atoms with Gasteiger partial charge in [0.1, 0.15) is 0 Å². The first-order valence-electron chi connectivity index (χ1n) is 6.56. The fourth-order valence-electron chi connectivity index (χ4n) is 1.72. The maximum absolute atomic E-state index is 11.4. The van der Waals surface area contributed by atoms with E-state index in [0.29, 0.717) is 18.1 Å². The van der Waals surface area contributed by atoms with Gasteiger partial charge in [-0.2, -0.15) is 0 Å². The molecule has 0 aromatic heterocycles. The van der Waals surface area contributed by atoms with Crippen molar-refractivity contribution in [1.82, 2.24) is 5.32 Å². The second-order valence-electron chi connectivity index (χ2n) is 5.03. The summed E-state index contributed by atoms with van der Waals surface area (Å²) in [7, 11) is -3.13. The van der Waals surface area contributed by atoms with Crippen molar-refractivity contribution in [2.45, 2.75) is 24.8 Å². The lowest BCUT2D eigenvalue weighted by atomic mass is 10.1. The Labute approximate surface area is 121 Å². The van der Waals surface area contributed by atoms with Crippen molar-refractivity contribution in [3.05, 3.63) is 42.0 Å². The Hall–Kier alpha value is -1.17. The van der Waals surface area contributed by atoms with Crippen molar-refractivity contribution in [2.24, 2.45) is 0 Å². The van der Waals surface area contributed by atoms with E-state index in [-0.39, 0.29) is 6.04 Å². The molecule has 0 bridgehead atoms. The first kappa shape index (κ1) is 16.9. The Balaban J connectivity index is 2.44. The summed E-state index contributed by atoms with van der Waals surface area (Å²) in [5, 5.41) is 3.33. The molecular weight excluding hydrogens is 274 g/mol. The van der Waals surface area contributed by atoms with Crippen LogP contribution in [0.3, 0.4) is 0 Å². The van der Waals surface area contributed by atoms with E-state index in [9.17, 15) is 8.42 Å². The van der Waals surface area contributed by atoms with Gasteiger partial charge in [0.2, 0.25) is 0 Å². The zero-order chi connectivity index (χ0) is 15.2. The van der Waals surface area contributed by atoms with E-state index in [1.165, 1.54) is 6.26 Å². The van der Waals surface area contributed by atoms with Crippen LogP contribution in [0.15, 0.2) is 41.3 Å². The zero-order valence-electron chi connectivity index (χ0n) is 12.3. The monoisotopic (exact) mass is 297 g/mol. The Morgan fingerprint density at radius 2 is 1.95 bits per heavy atom. The van der Waals surface area contributed by atoms with E-state index in [2.05, 4.69) is 11.9 Å². The molecule has 0 heterocycles. The molecule has 20 heavy (non-hydrogen) atoms. The Morgan fingerprint density at radius 1 is 1.35 bits per heavy atom. The van der Waals surface area contributed by atoms with Crippen molar-refractivity contribution in [2.75, 3.05) is 26.0 Å². The second kappa shape index (κ2) is 7.57. The minimum Gasteiger partial charge on any atom is -0.376 e. The van der Waals surface area contributed by atoms with Crippen molar-refractivity contribution in [3.63, 3.8) is 0 Å². The number of hydrogen-bond acceptors (Lipinski definition) is 4. The molecule has 112 valence electrons. The van der Waals surface area contributed by atoms with Gasteiger partial charge in [0.25, 0.3) is 0 Å². The van der Waals surface area contributed by atoms with E-state index in [1.54, 1.807) is 12.1 Å². The van der Waals surface area contributed by atoms with Gasteiger partial charge in [-0.05, 0) is 31.5 Å². The van der Waals surface area contributed by atoms with Gasteiger partial charge in [0, 0.05) is 18.8 Å². The highest BCUT2D eigenvalue weighted by Gasteiger charge is 2.09. The Morgan fingerprint density at radius 3 is 2.45 bits per heavy atom. The third kappa shape index (κ3) is 5.86. The standard InChI is InChI=1S/C15H23NO3S/c1-12(2)11-19-10-9-16-13(3)14-5-7-15(8-6-14)20(4,17)18/h5-8,13,16H,1,9-11H2,2-4H3. The van der Waals surface area contributed by atoms with Crippen LogP contribution in [0.1, 0.15) is 25.5 Å². The molecule has 1 unspecified atom stereocenters. The summed E-state index contributed by atoms with van der Waals surface area (Å²) < 4.78 is 28.2. The van der Waals surface area contributed by atoms with Gasteiger partial charge in [0.15, 0.2) is 9.84 Å². The lowest BCUT2D eigenvalue weighted by Gasteiger charge is -2.14. The number of ether oxygens (including phenoxy) is 1. The van der Waals surface area contributed by atoms with Gasteiger partial charge in [-0.3, -0.25) is 0 Å². The maximum Gasteiger partial charge on any atom is 0.175 e. The molecule has 1 N–H and O–H groups in total. The van der Waals surface area contributed by atoms with E-state index >= 15 is 0 Å². The molecule has 0 aliphatic carbocycles. The predicted octanol–water partition coefficient (Wildman–Crippen LogP) is 2.33. The minimum atomic E-state index is -3.13. The van der Waals surface area contributed by atoms with Gasteiger partial charge in [0.05, 0.1) is 18.1 Å². The quantitative estimate of drug-likeness (QED) is 0.591. The molecule has 1 atom stereocenters. The molecule has 0 radical (unpaired) electrons. The zero-order valence-corrected chi connectivity index (χ0v) is 13.2. The van der Waals surface area contributed by atoms with E-state index in [1.807, 2.05) is 26.0 Å². The molecule has 1 rings (SSSR count). The molecule has 0 fully saturated rings. The summed E-state index contributed by atoms with van der Waals surface area (Å²) in [5.41, 5.74) is 2.06. The van der Waals surface area contributed by atoms with Crippen LogP contribution in [0.5, 0.6) is 0 Å². The van der Waals surface area contributed by atoms with Crippen LogP contribution in [0.2, 0.25) is 0 Å². The Kier molecular flexibility index (Phi) is 6.39. The first-order valence-corrected chi connectivity index (χ1v) is 8.45. The Bertz CT molecular complexity index is 535. The SMILES string of the molecule is C=C(C)COCCNC(C)c1ccc(S(C)(=O)=O)cc1. The highest BCUT2D eigenvalue weighted by molar-refractivity contribution is 7.90. The van der Waals surface area contributed by atoms with Gasteiger partial charge in [-0.25, -0.2) is 8.42 Å². The average Bonchev–Trinajstić information content (AvgIpc) is 2.37. The van der Waals surface area contributed by atoms with Gasteiger partial charge >= 0.3 is 0 Å². The number of hydrogen-bond donors (Lipinski definition) is 1. The number of rotatable bonds is 8. The van der Waals surface area contributed by atoms with Crippen LogP contribution >= 0.6 is 0 Å². The molecule has 5 heteroatoms. The highest BCUT2D eigenvalue weighted by Crippen LogP contribution is 2.15. The topological polar surface area (TPSA) is 55.4 Å². The smallest absolute Gasteiger partial charge is 0.175 e. The van der Waals surface area contributed by atoms with Crippen LogP contribution in [-0.2, 0) is 14.6 Å². The summed E-state index contributed by atoms with van der Waals surface area (Å²) in [5.74, 6) is 0. The molecule has 1 aromatic carbocycles. The van der Waals surface area contributed by atoms with Crippen LogP contribution in [0, 0.1) is 0 Å².